The maximum atomic E-state index is 13.0. The van der Waals surface area contributed by atoms with Crippen LogP contribution in [0.5, 0.6) is 0 Å². The third kappa shape index (κ3) is 3.96. The van der Waals surface area contributed by atoms with Gasteiger partial charge in [-0.1, -0.05) is 23.7 Å². The van der Waals surface area contributed by atoms with Gasteiger partial charge in [0.2, 0.25) is 0 Å². The van der Waals surface area contributed by atoms with Crippen LogP contribution in [-0.2, 0) is 6.54 Å². The summed E-state index contributed by atoms with van der Waals surface area (Å²) in [5.74, 6) is -0.258. The summed E-state index contributed by atoms with van der Waals surface area (Å²) in [7, 11) is 0. The number of fused-ring (bicyclic) bond motifs is 1. The van der Waals surface area contributed by atoms with Crippen LogP contribution < -0.4 is 10.9 Å². The summed E-state index contributed by atoms with van der Waals surface area (Å²) in [6.07, 6.45) is 3.37. The van der Waals surface area contributed by atoms with E-state index in [1.165, 1.54) is 4.57 Å². The first-order chi connectivity index (χ1) is 14.0. The van der Waals surface area contributed by atoms with Gasteiger partial charge in [-0.05, 0) is 60.2 Å². The Kier molecular flexibility index (Phi) is 5.24. The van der Waals surface area contributed by atoms with Crippen molar-refractivity contribution in [2.75, 3.05) is 0 Å². The van der Waals surface area contributed by atoms with Gasteiger partial charge in [-0.15, -0.1) is 0 Å². The van der Waals surface area contributed by atoms with E-state index in [9.17, 15) is 9.59 Å². The minimum absolute atomic E-state index is 0.220. The van der Waals surface area contributed by atoms with Crippen LogP contribution in [0, 0.1) is 4.77 Å². The van der Waals surface area contributed by atoms with Gasteiger partial charge in [-0.3, -0.25) is 19.1 Å². The lowest BCUT2D eigenvalue weighted by Crippen LogP contribution is -2.24. The van der Waals surface area contributed by atoms with Gasteiger partial charge in [0.1, 0.15) is 0 Å². The predicted molar refractivity (Wildman–Crippen MR) is 115 cm³/mol. The topological polar surface area (TPSA) is 79.8 Å². The van der Waals surface area contributed by atoms with Gasteiger partial charge in [0.05, 0.1) is 16.6 Å². The summed E-state index contributed by atoms with van der Waals surface area (Å²) in [6, 6.07) is 15.4. The fourth-order valence-corrected chi connectivity index (χ4v) is 3.47. The largest absolute Gasteiger partial charge is 0.348 e. The monoisotopic (exact) mass is 422 g/mol. The van der Waals surface area contributed by atoms with E-state index in [1.54, 1.807) is 54.9 Å². The molecule has 0 bridgehead atoms. The Balaban J connectivity index is 1.69. The number of nitrogens with zero attached hydrogens (tertiary/aromatic N) is 2. The van der Waals surface area contributed by atoms with Gasteiger partial charge in [-0.2, -0.15) is 0 Å². The van der Waals surface area contributed by atoms with Crippen LogP contribution in [-0.4, -0.2) is 20.4 Å². The molecule has 29 heavy (non-hydrogen) atoms. The number of rotatable bonds is 4. The molecule has 6 nitrogen and oxygen atoms in total. The Hall–Kier alpha value is -3.29. The maximum Gasteiger partial charge on any atom is 0.266 e. The predicted octanol–water partition coefficient (Wildman–Crippen LogP) is 4.03. The number of aromatic amines is 1. The molecule has 0 saturated carbocycles. The molecule has 1 amide bonds. The molecule has 0 spiro atoms. The van der Waals surface area contributed by atoms with Crippen molar-refractivity contribution < 1.29 is 4.79 Å². The Morgan fingerprint density at radius 3 is 2.83 bits per heavy atom. The van der Waals surface area contributed by atoms with Gasteiger partial charge in [-0.25, -0.2) is 0 Å². The first kappa shape index (κ1) is 19.0. The third-order valence-corrected chi connectivity index (χ3v) is 4.92. The Morgan fingerprint density at radius 1 is 1.17 bits per heavy atom. The lowest BCUT2D eigenvalue weighted by Gasteiger charge is -2.10. The number of H-pyrrole nitrogens is 1. The summed E-state index contributed by atoms with van der Waals surface area (Å²) in [5, 5.41) is 3.80. The van der Waals surface area contributed by atoms with Crippen molar-refractivity contribution in [2.45, 2.75) is 6.54 Å². The lowest BCUT2D eigenvalue weighted by molar-refractivity contribution is 0.0951. The molecule has 2 aromatic heterocycles. The second-order valence-electron chi connectivity index (χ2n) is 6.35. The zero-order valence-corrected chi connectivity index (χ0v) is 16.6. The van der Waals surface area contributed by atoms with E-state index >= 15 is 0 Å². The number of pyridine rings is 1. The average Bonchev–Trinajstić information content (AvgIpc) is 2.72. The van der Waals surface area contributed by atoms with E-state index in [2.05, 4.69) is 15.3 Å². The molecule has 0 saturated heterocycles. The number of carbonyl (C=O) groups is 1. The summed E-state index contributed by atoms with van der Waals surface area (Å²) in [4.78, 5) is 32.6. The molecule has 0 aliphatic carbocycles. The highest BCUT2D eigenvalue weighted by molar-refractivity contribution is 7.71. The van der Waals surface area contributed by atoms with Crippen LogP contribution in [0.15, 0.2) is 71.8 Å². The van der Waals surface area contributed by atoms with Crippen molar-refractivity contribution in [3.8, 4) is 5.69 Å². The highest BCUT2D eigenvalue weighted by Crippen LogP contribution is 2.17. The first-order valence-electron chi connectivity index (χ1n) is 8.75. The fraction of sp³-hybridized carbons (Fsp3) is 0.0476. The van der Waals surface area contributed by atoms with Crippen molar-refractivity contribution in [1.29, 1.82) is 0 Å². The van der Waals surface area contributed by atoms with E-state index in [1.807, 2.05) is 12.1 Å². The van der Waals surface area contributed by atoms with Gasteiger partial charge < -0.3 is 10.3 Å². The van der Waals surface area contributed by atoms with Crippen molar-refractivity contribution >= 4 is 40.6 Å². The highest BCUT2D eigenvalue weighted by atomic mass is 35.5. The number of aromatic nitrogens is 3. The molecular formula is C21H15ClN4O2S. The molecule has 2 heterocycles. The molecule has 8 heteroatoms. The molecule has 0 atom stereocenters. The van der Waals surface area contributed by atoms with Gasteiger partial charge in [0, 0.05) is 29.5 Å². The Morgan fingerprint density at radius 2 is 2.03 bits per heavy atom. The lowest BCUT2D eigenvalue weighted by atomic mass is 10.1. The molecule has 4 rings (SSSR count). The smallest absolute Gasteiger partial charge is 0.266 e. The van der Waals surface area contributed by atoms with E-state index < -0.39 is 0 Å². The number of hydrogen-bond donors (Lipinski definition) is 2. The van der Waals surface area contributed by atoms with Crippen molar-refractivity contribution in [3.63, 3.8) is 0 Å². The molecule has 0 fully saturated rings. The zero-order valence-electron chi connectivity index (χ0n) is 15.1. The van der Waals surface area contributed by atoms with Crippen LogP contribution in [0.25, 0.3) is 16.6 Å². The average molecular weight is 423 g/mol. The molecule has 144 valence electrons. The Bertz CT molecular complexity index is 1330. The number of amides is 1. The minimum atomic E-state index is -0.284. The minimum Gasteiger partial charge on any atom is -0.348 e. The number of hydrogen-bond acceptors (Lipinski definition) is 4. The summed E-state index contributed by atoms with van der Waals surface area (Å²) < 4.78 is 1.58. The van der Waals surface area contributed by atoms with E-state index in [0.29, 0.717) is 33.7 Å². The molecule has 0 aliphatic heterocycles. The molecule has 2 N–H and O–H groups in total. The quantitative estimate of drug-likeness (QED) is 0.487. The van der Waals surface area contributed by atoms with E-state index in [-0.39, 0.29) is 16.2 Å². The first-order valence-corrected chi connectivity index (χ1v) is 9.54. The highest BCUT2D eigenvalue weighted by Gasteiger charge is 2.11. The van der Waals surface area contributed by atoms with E-state index in [0.717, 1.165) is 5.56 Å². The van der Waals surface area contributed by atoms with Crippen molar-refractivity contribution in [3.05, 3.63) is 98.3 Å². The standard InChI is InChI=1S/C21H15ClN4O2S/c22-15-6-7-17-18(10-15)25-21(29)26(20(17)28)16-5-1-4-14(9-16)19(27)24-12-13-3-2-8-23-11-13/h1-11H,12H2,(H,24,27)(H,25,29). The summed E-state index contributed by atoms with van der Waals surface area (Å²) in [5.41, 5.74) is 2.09. The van der Waals surface area contributed by atoms with Crippen LogP contribution in [0.1, 0.15) is 15.9 Å². The van der Waals surface area contributed by atoms with Crippen LogP contribution in [0.4, 0.5) is 0 Å². The van der Waals surface area contributed by atoms with Crippen LogP contribution in [0.3, 0.4) is 0 Å². The summed E-state index contributed by atoms with van der Waals surface area (Å²) >= 11 is 11.4. The molecule has 0 aliphatic rings. The molecule has 4 aromatic rings. The molecule has 0 unspecified atom stereocenters. The second-order valence-corrected chi connectivity index (χ2v) is 7.18. The normalized spacial score (nSPS) is 10.8. The van der Waals surface area contributed by atoms with Gasteiger partial charge in [0.15, 0.2) is 4.77 Å². The van der Waals surface area contributed by atoms with Crippen molar-refractivity contribution in [1.82, 2.24) is 19.9 Å². The van der Waals surface area contributed by atoms with Crippen LogP contribution >= 0.6 is 23.8 Å². The molecular weight excluding hydrogens is 408 g/mol. The molecule has 2 aromatic carbocycles. The maximum absolute atomic E-state index is 13.0. The summed E-state index contributed by atoms with van der Waals surface area (Å²) in [6.45, 7) is 0.355. The number of benzene rings is 2. The fourth-order valence-electron chi connectivity index (χ4n) is 3.00. The second kappa shape index (κ2) is 7.98. The van der Waals surface area contributed by atoms with Crippen molar-refractivity contribution in [2.24, 2.45) is 0 Å². The number of nitrogens with one attached hydrogen (secondary N) is 2. The Labute approximate surface area is 175 Å². The molecule has 0 radical (unpaired) electrons. The van der Waals surface area contributed by atoms with Gasteiger partial charge >= 0.3 is 0 Å². The third-order valence-electron chi connectivity index (χ3n) is 4.40. The van der Waals surface area contributed by atoms with E-state index in [4.69, 9.17) is 23.8 Å². The number of halogens is 1. The number of carbonyl (C=O) groups excluding carboxylic acids is 1. The SMILES string of the molecule is O=C(NCc1cccnc1)c1cccc(-n2c(=S)[nH]c3cc(Cl)ccc3c2=O)c1. The zero-order chi connectivity index (χ0) is 20.4. The van der Waals surface area contributed by atoms with Gasteiger partial charge in [0.25, 0.3) is 11.5 Å². The van der Waals surface area contributed by atoms with Crippen LogP contribution in [0.2, 0.25) is 5.02 Å².